The van der Waals surface area contributed by atoms with Crippen molar-refractivity contribution >= 4 is 17.6 Å². The summed E-state index contributed by atoms with van der Waals surface area (Å²) in [6.07, 6.45) is -0.0487. The van der Waals surface area contributed by atoms with Crippen LogP contribution >= 0.6 is 11.6 Å². The zero-order valence-electron chi connectivity index (χ0n) is 9.98. The number of hydrogen-bond donors (Lipinski definition) is 1. The Kier molecular flexibility index (Phi) is 3.68. The minimum Gasteiger partial charge on any atom is -0.481 e. The van der Waals surface area contributed by atoms with E-state index in [-0.39, 0.29) is 6.42 Å². The summed E-state index contributed by atoms with van der Waals surface area (Å²) in [5.74, 6) is -0.875. The third-order valence-electron chi connectivity index (χ3n) is 2.75. The lowest BCUT2D eigenvalue weighted by Gasteiger charge is -2.06. The molecule has 0 amide bonds. The van der Waals surface area contributed by atoms with Crippen molar-refractivity contribution in [3.8, 4) is 11.1 Å². The van der Waals surface area contributed by atoms with E-state index in [4.69, 9.17) is 16.7 Å². The van der Waals surface area contributed by atoms with Gasteiger partial charge >= 0.3 is 5.97 Å². The van der Waals surface area contributed by atoms with E-state index in [0.717, 1.165) is 11.1 Å². The Balaban J connectivity index is 2.37. The molecule has 0 atom stereocenters. The van der Waals surface area contributed by atoms with Gasteiger partial charge in [-0.2, -0.15) is 0 Å². The van der Waals surface area contributed by atoms with Crippen LogP contribution < -0.4 is 0 Å². The van der Waals surface area contributed by atoms with Gasteiger partial charge in [-0.05, 0) is 29.7 Å². The monoisotopic (exact) mass is 260 g/mol. The van der Waals surface area contributed by atoms with Crippen molar-refractivity contribution in [3.05, 3.63) is 58.6 Å². The number of carboxylic acid groups (broad SMARTS) is 1. The van der Waals surface area contributed by atoms with Gasteiger partial charge in [-0.15, -0.1) is 0 Å². The standard InChI is InChI=1S/C15H13ClO2/c1-10-3-2-4-11(7-10)12-5-6-13(9-15(17)18)14(16)8-12/h2-8H,9H2,1H3,(H,17,18). The Morgan fingerprint density at radius 1 is 1.17 bits per heavy atom. The van der Waals surface area contributed by atoms with E-state index in [0.29, 0.717) is 10.6 Å². The predicted octanol–water partition coefficient (Wildman–Crippen LogP) is 3.94. The highest BCUT2D eigenvalue weighted by molar-refractivity contribution is 6.31. The number of carboxylic acids is 1. The highest BCUT2D eigenvalue weighted by Crippen LogP contribution is 2.26. The molecule has 0 bridgehead atoms. The largest absolute Gasteiger partial charge is 0.481 e. The van der Waals surface area contributed by atoms with Crippen LogP contribution in [-0.4, -0.2) is 11.1 Å². The molecule has 18 heavy (non-hydrogen) atoms. The summed E-state index contributed by atoms with van der Waals surface area (Å²) >= 11 is 6.10. The SMILES string of the molecule is Cc1cccc(-c2ccc(CC(=O)O)c(Cl)c2)c1. The van der Waals surface area contributed by atoms with Crippen LogP contribution in [0.25, 0.3) is 11.1 Å². The van der Waals surface area contributed by atoms with Crippen LogP contribution in [0, 0.1) is 6.92 Å². The zero-order valence-corrected chi connectivity index (χ0v) is 10.7. The van der Waals surface area contributed by atoms with Crippen molar-refractivity contribution in [2.24, 2.45) is 0 Å². The minimum atomic E-state index is -0.875. The summed E-state index contributed by atoms with van der Waals surface area (Å²) < 4.78 is 0. The van der Waals surface area contributed by atoms with Crippen molar-refractivity contribution in [2.45, 2.75) is 13.3 Å². The molecular weight excluding hydrogens is 248 g/mol. The molecule has 2 aromatic rings. The van der Waals surface area contributed by atoms with Crippen LogP contribution in [0.2, 0.25) is 5.02 Å². The Morgan fingerprint density at radius 3 is 2.50 bits per heavy atom. The van der Waals surface area contributed by atoms with E-state index in [1.54, 1.807) is 6.07 Å². The van der Waals surface area contributed by atoms with Gasteiger partial charge in [0.15, 0.2) is 0 Å². The Hall–Kier alpha value is -1.80. The molecule has 0 unspecified atom stereocenters. The van der Waals surface area contributed by atoms with Crippen LogP contribution in [0.1, 0.15) is 11.1 Å². The Bertz CT molecular complexity index is 591. The van der Waals surface area contributed by atoms with Gasteiger partial charge < -0.3 is 5.11 Å². The summed E-state index contributed by atoms with van der Waals surface area (Å²) in [6.45, 7) is 2.03. The molecule has 0 fully saturated rings. The second-order valence-corrected chi connectivity index (χ2v) is 4.65. The molecule has 0 aliphatic rings. The first-order valence-electron chi connectivity index (χ1n) is 5.63. The zero-order chi connectivity index (χ0) is 13.1. The predicted molar refractivity (Wildman–Crippen MR) is 73.0 cm³/mol. The maximum absolute atomic E-state index is 10.7. The van der Waals surface area contributed by atoms with Crippen molar-refractivity contribution in [3.63, 3.8) is 0 Å². The van der Waals surface area contributed by atoms with Gasteiger partial charge in [0, 0.05) is 5.02 Å². The highest BCUT2D eigenvalue weighted by atomic mass is 35.5. The maximum atomic E-state index is 10.7. The summed E-state index contributed by atoms with van der Waals surface area (Å²) in [6, 6.07) is 13.6. The molecule has 0 spiro atoms. The third kappa shape index (κ3) is 2.90. The normalized spacial score (nSPS) is 10.3. The molecule has 0 aliphatic heterocycles. The van der Waals surface area contributed by atoms with Gasteiger partial charge in [0.1, 0.15) is 0 Å². The second kappa shape index (κ2) is 5.23. The Morgan fingerprint density at radius 2 is 1.89 bits per heavy atom. The average Bonchev–Trinajstić information content (AvgIpc) is 2.31. The molecule has 3 heteroatoms. The van der Waals surface area contributed by atoms with Gasteiger partial charge in [0.25, 0.3) is 0 Å². The lowest BCUT2D eigenvalue weighted by atomic mass is 10.0. The highest BCUT2D eigenvalue weighted by Gasteiger charge is 2.07. The number of benzene rings is 2. The van der Waals surface area contributed by atoms with E-state index in [2.05, 4.69) is 6.07 Å². The summed E-state index contributed by atoms with van der Waals surface area (Å²) in [7, 11) is 0. The van der Waals surface area contributed by atoms with Gasteiger partial charge in [-0.1, -0.05) is 53.6 Å². The van der Waals surface area contributed by atoms with Crippen molar-refractivity contribution in [1.82, 2.24) is 0 Å². The first-order chi connectivity index (χ1) is 8.56. The molecule has 0 heterocycles. The molecule has 0 aliphatic carbocycles. The van der Waals surface area contributed by atoms with E-state index in [9.17, 15) is 4.79 Å². The van der Waals surface area contributed by atoms with E-state index >= 15 is 0 Å². The molecule has 0 radical (unpaired) electrons. The number of aliphatic carboxylic acids is 1. The third-order valence-corrected chi connectivity index (χ3v) is 3.10. The molecule has 2 rings (SSSR count). The first-order valence-corrected chi connectivity index (χ1v) is 6.01. The summed E-state index contributed by atoms with van der Waals surface area (Å²) in [5, 5.41) is 9.25. The lowest BCUT2D eigenvalue weighted by molar-refractivity contribution is -0.136. The lowest BCUT2D eigenvalue weighted by Crippen LogP contribution is -2.00. The van der Waals surface area contributed by atoms with Crippen LogP contribution in [0.3, 0.4) is 0 Å². The number of carbonyl (C=O) groups is 1. The van der Waals surface area contributed by atoms with Gasteiger partial charge in [-0.25, -0.2) is 0 Å². The van der Waals surface area contributed by atoms with Gasteiger partial charge in [0.05, 0.1) is 6.42 Å². The van der Waals surface area contributed by atoms with Crippen molar-refractivity contribution in [1.29, 1.82) is 0 Å². The van der Waals surface area contributed by atoms with Crippen molar-refractivity contribution < 1.29 is 9.90 Å². The topological polar surface area (TPSA) is 37.3 Å². The fourth-order valence-corrected chi connectivity index (χ4v) is 2.11. The number of rotatable bonds is 3. The molecule has 0 aromatic heterocycles. The fourth-order valence-electron chi connectivity index (χ4n) is 1.86. The van der Waals surface area contributed by atoms with E-state index in [1.165, 1.54) is 5.56 Å². The van der Waals surface area contributed by atoms with E-state index in [1.807, 2.05) is 37.3 Å². The minimum absolute atomic E-state index is 0.0487. The van der Waals surface area contributed by atoms with Gasteiger partial charge in [0.2, 0.25) is 0 Å². The average molecular weight is 261 g/mol. The molecule has 0 saturated carbocycles. The molecule has 1 N–H and O–H groups in total. The molecular formula is C15H13ClO2. The summed E-state index contributed by atoms with van der Waals surface area (Å²) in [5.41, 5.74) is 3.90. The van der Waals surface area contributed by atoms with Crippen LogP contribution in [0.4, 0.5) is 0 Å². The smallest absolute Gasteiger partial charge is 0.307 e. The Labute approximate surface area is 111 Å². The molecule has 92 valence electrons. The van der Waals surface area contributed by atoms with Crippen molar-refractivity contribution in [2.75, 3.05) is 0 Å². The van der Waals surface area contributed by atoms with Crippen LogP contribution in [0.5, 0.6) is 0 Å². The molecule has 0 saturated heterocycles. The number of aryl methyl sites for hydroxylation is 1. The number of hydrogen-bond acceptors (Lipinski definition) is 1. The molecule has 2 aromatic carbocycles. The number of halogens is 1. The van der Waals surface area contributed by atoms with Crippen LogP contribution in [0.15, 0.2) is 42.5 Å². The van der Waals surface area contributed by atoms with E-state index < -0.39 is 5.97 Å². The quantitative estimate of drug-likeness (QED) is 0.908. The first kappa shape index (κ1) is 12.7. The maximum Gasteiger partial charge on any atom is 0.307 e. The molecule has 2 nitrogen and oxygen atoms in total. The fraction of sp³-hybridized carbons (Fsp3) is 0.133. The summed E-state index contributed by atoms with van der Waals surface area (Å²) in [4.78, 5) is 10.7. The van der Waals surface area contributed by atoms with Crippen LogP contribution in [-0.2, 0) is 11.2 Å². The van der Waals surface area contributed by atoms with Gasteiger partial charge in [-0.3, -0.25) is 4.79 Å². The second-order valence-electron chi connectivity index (χ2n) is 4.25.